The van der Waals surface area contributed by atoms with E-state index in [0.29, 0.717) is 0 Å². The smallest absolute Gasteiger partial charge is 0.0645 e. The summed E-state index contributed by atoms with van der Waals surface area (Å²) in [4.78, 5) is 0. The highest BCUT2D eigenvalue weighted by atomic mass is 16.5. The first kappa shape index (κ1) is 12.1. The van der Waals surface area contributed by atoms with E-state index in [1.54, 1.807) is 6.07 Å². The Morgan fingerprint density at radius 1 is 1.40 bits per heavy atom. The fraction of sp³-hybridized carbons (Fsp3) is 0.857. The van der Waals surface area contributed by atoms with Crippen molar-refractivity contribution < 1.29 is 9.84 Å². The zero-order chi connectivity index (χ0) is 8.24. The molecular weight excluding hydrogens is 130 g/mol. The molecule has 0 radical (unpaired) electrons. The molecule has 0 heterocycles. The number of hydrogen-bond acceptors (Lipinski definition) is 3. The predicted molar refractivity (Wildman–Crippen MR) is 39.5 cm³/mol. The summed E-state index contributed by atoms with van der Waals surface area (Å²) in [6.07, 6.45) is 0.250. The molecule has 60 valence electrons. The number of ether oxygens (including phenoxy) is 1. The van der Waals surface area contributed by atoms with Crippen molar-refractivity contribution in [3.8, 4) is 6.07 Å². The SMILES string of the molecule is CCOCC.N#CCCO. The largest absolute Gasteiger partial charge is 0.395 e. The lowest BCUT2D eigenvalue weighted by atomic mass is 10.5. The summed E-state index contributed by atoms with van der Waals surface area (Å²) in [5.41, 5.74) is 0. The summed E-state index contributed by atoms with van der Waals surface area (Å²) < 4.78 is 4.83. The third kappa shape index (κ3) is 26.2. The Hall–Kier alpha value is -0.590. The van der Waals surface area contributed by atoms with Crippen LogP contribution in [0.1, 0.15) is 20.3 Å². The molecular formula is C7H15NO2. The van der Waals surface area contributed by atoms with Crippen LogP contribution in [0.15, 0.2) is 0 Å². The second-order valence-corrected chi connectivity index (χ2v) is 1.41. The summed E-state index contributed by atoms with van der Waals surface area (Å²) in [7, 11) is 0. The fourth-order valence-corrected chi connectivity index (χ4v) is 0.254. The Morgan fingerprint density at radius 2 is 1.90 bits per heavy atom. The highest BCUT2D eigenvalue weighted by molar-refractivity contribution is 4.65. The van der Waals surface area contributed by atoms with Crippen molar-refractivity contribution in [3.05, 3.63) is 0 Å². The van der Waals surface area contributed by atoms with E-state index >= 15 is 0 Å². The van der Waals surface area contributed by atoms with Crippen LogP contribution in [0.25, 0.3) is 0 Å². The molecule has 0 saturated heterocycles. The van der Waals surface area contributed by atoms with E-state index in [2.05, 4.69) is 0 Å². The van der Waals surface area contributed by atoms with Gasteiger partial charge in [0.2, 0.25) is 0 Å². The molecule has 0 bridgehead atoms. The minimum Gasteiger partial charge on any atom is -0.395 e. The minimum atomic E-state index is -0.0174. The molecule has 0 aliphatic rings. The second kappa shape index (κ2) is 15.8. The van der Waals surface area contributed by atoms with Gasteiger partial charge < -0.3 is 9.84 Å². The lowest BCUT2D eigenvalue weighted by Gasteiger charge is -1.86. The van der Waals surface area contributed by atoms with E-state index in [-0.39, 0.29) is 13.0 Å². The molecule has 0 saturated carbocycles. The molecule has 0 aliphatic heterocycles. The molecule has 0 aromatic heterocycles. The van der Waals surface area contributed by atoms with Gasteiger partial charge in [-0.25, -0.2) is 0 Å². The average molecular weight is 145 g/mol. The van der Waals surface area contributed by atoms with Gasteiger partial charge >= 0.3 is 0 Å². The Bertz CT molecular complexity index is 76.2. The van der Waals surface area contributed by atoms with Crippen LogP contribution in [-0.4, -0.2) is 24.9 Å². The van der Waals surface area contributed by atoms with Crippen LogP contribution in [0.3, 0.4) is 0 Å². The van der Waals surface area contributed by atoms with Crippen molar-refractivity contribution in [1.82, 2.24) is 0 Å². The standard InChI is InChI=1S/C4H10O.C3H5NO/c1-3-5-4-2;4-2-1-3-5/h3-4H2,1-2H3;5H,1,3H2. The van der Waals surface area contributed by atoms with Gasteiger partial charge in [-0.3, -0.25) is 0 Å². The first-order valence-corrected chi connectivity index (χ1v) is 3.38. The summed E-state index contributed by atoms with van der Waals surface area (Å²) >= 11 is 0. The van der Waals surface area contributed by atoms with Crippen molar-refractivity contribution in [2.24, 2.45) is 0 Å². The van der Waals surface area contributed by atoms with Crippen LogP contribution in [0.2, 0.25) is 0 Å². The normalized spacial score (nSPS) is 7.40. The molecule has 0 aliphatic carbocycles. The fourth-order valence-electron chi connectivity index (χ4n) is 0.254. The Balaban J connectivity index is 0. The molecule has 0 rings (SSSR count). The Kier molecular flexibility index (Phi) is 19.1. The molecule has 0 fully saturated rings. The number of nitriles is 1. The maximum Gasteiger partial charge on any atom is 0.0645 e. The van der Waals surface area contributed by atoms with Crippen molar-refractivity contribution in [3.63, 3.8) is 0 Å². The Labute approximate surface area is 62.2 Å². The zero-order valence-corrected chi connectivity index (χ0v) is 6.63. The first-order valence-electron chi connectivity index (χ1n) is 3.38. The highest BCUT2D eigenvalue weighted by Crippen LogP contribution is 1.64. The van der Waals surface area contributed by atoms with Gasteiger partial charge in [-0.2, -0.15) is 5.26 Å². The molecule has 3 heteroatoms. The lowest BCUT2D eigenvalue weighted by Crippen LogP contribution is -1.84. The number of aliphatic hydroxyl groups excluding tert-OH is 1. The van der Waals surface area contributed by atoms with Crippen LogP contribution in [0, 0.1) is 11.3 Å². The first-order chi connectivity index (χ1) is 4.83. The number of hydrogen-bond donors (Lipinski definition) is 1. The van der Waals surface area contributed by atoms with Crippen molar-refractivity contribution >= 4 is 0 Å². The summed E-state index contributed by atoms with van der Waals surface area (Å²) in [5, 5.41) is 15.5. The molecule has 10 heavy (non-hydrogen) atoms. The highest BCUT2D eigenvalue weighted by Gasteiger charge is 1.66. The number of nitrogens with zero attached hydrogens (tertiary/aromatic N) is 1. The summed E-state index contributed by atoms with van der Waals surface area (Å²) in [5.74, 6) is 0. The maximum absolute atomic E-state index is 7.84. The zero-order valence-electron chi connectivity index (χ0n) is 6.63. The third-order valence-corrected chi connectivity index (χ3v) is 0.632. The Morgan fingerprint density at radius 3 is 1.90 bits per heavy atom. The second-order valence-electron chi connectivity index (χ2n) is 1.41. The van der Waals surface area contributed by atoms with Crippen LogP contribution in [0.4, 0.5) is 0 Å². The van der Waals surface area contributed by atoms with Crippen LogP contribution >= 0.6 is 0 Å². The van der Waals surface area contributed by atoms with Crippen molar-refractivity contribution in [1.29, 1.82) is 5.26 Å². The number of rotatable bonds is 3. The van der Waals surface area contributed by atoms with Gasteiger partial charge in [-0.15, -0.1) is 0 Å². The molecule has 0 atom stereocenters. The van der Waals surface area contributed by atoms with Gasteiger partial charge in [-0.1, -0.05) is 0 Å². The van der Waals surface area contributed by atoms with E-state index in [4.69, 9.17) is 15.1 Å². The molecule has 3 nitrogen and oxygen atoms in total. The van der Waals surface area contributed by atoms with E-state index in [9.17, 15) is 0 Å². The van der Waals surface area contributed by atoms with Crippen LogP contribution in [0.5, 0.6) is 0 Å². The molecule has 0 amide bonds. The van der Waals surface area contributed by atoms with Gasteiger partial charge in [0, 0.05) is 13.2 Å². The van der Waals surface area contributed by atoms with E-state index in [1.165, 1.54) is 0 Å². The van der Waals surface area contributed by atoms with Crippen molar-refractivity contribution in [2.45, 2.75) is 20.3 Å². The maximum atomic E-state index is 7.84. The molecule has 1 N–H and O–H groups in total. The van der Waals surface area contributed by atoms with Gasteiger partial charge in [0.1, 0.15) is 0 Å². The van der Waals surface area contributed by atoms with Gasteiger partial charge in [-0.05, 0) is 13.8 Å². The third-order valence-electron chi connectivity index (χ3n) is 0.632. The van der Waals surface area contributed by atoms with E-state index < -0.39 is 0 Å². The molecule has 0 aromatic carbocycles. The van der Waals surface area contributed by atoms with E-state index in [0.717, 1.165) is 13.2 Å². The van der Waals surface area contributed by atoms with Gasteiger partial charge in [0.15, 0.2) is 0 Å². The predicted octanol–water partition coefficient (Wildman–Crippen LogP) is 0.935. The quantitative estimate of drug-likeness (QED) is 0.642. The lowest BCUT2D eigenvalue weighted by molar-refractivity contribution is 0.162. The summed E-state index contributed by atoms with van der Waals surface area (Å²) in [6, 6.07) is 1.77. The molecule has 0 aromatic rings. The minimum absolute atomic E-state index is 0.0174. The van der Waals surface area contributed by atoms with Crippen molar-refractivity contribution in [2.75, 3.05) is 19.8 Å². The van der Waals surface area contributed by atoms with Crippen LogP contribution < -0.4 is 0 Å². The molecule has 0 spiro atoms. The monoisotopic (exact) mass is 145 g/mol. The van der Waals surface area contributed by atoms with Crippen LogP contribution in [-0.2, 0) is 4.74 Å². The summed E-state index contributed by atoms with van der Waals surface area (Å²) in [6.45, 7) is 5.65. The van der Waals surface area contributed by atoms with Gasteiger partial charge in [0.25, 0.3) is 0 Å². The van der Waals surface area contributed by atoms with E-state index in [1.807, 2.05) is 13.8 Å². The topological polar surface area (TPSA) is 53.2 Å². The number of aliphatic hydroxyl groups is 1. The average Bonchev–Trinajstić information content (AvgIpc) is 1.93. The molecule has 0 unspecified atom stereocenters. The van der Waals surface area contributed by atoms with Gasteiger partial charge in [0.05, 0.1) is 19.1 Å².